The van der Waals surface area contributed by atoms with Crippen molar-refractivity contribution in [3.05, 3.63) is 73.0 Å². The van der Waals surface area contributed by atoms with E-state index in [0.29, 0.717) is 27.1 Å². The molecule has 5 rings (SSSR count). The average Bonchev–Trinajstić information content (AvgIpc) is 3.15. The summed E-state index contributed by atoms with van der Waals surface area (Å²) >= 11 is 1.54. The van der Waals surface area contributed by atoms with Crippen molar-refractivity contribution in [2.45, 2.75) is 38.7 Å². The highest BCUT2D eigenvalue weighted by atomic mass is 32.1. The van der Waals surface area contributed by atoms with Crippen LogP contribution in [0.25, 0.3) is 15.7 Å². The SMILES string of the molecule is Cn1nc(CC(=O)OCc2cc(=O)n3c4c(sc3n2)CCCC4)c2ccccc2c1=O. The molecule has 31 heavy (non-hydrogen) atoms. The van der Waals surface area contributed by atoms with Gasteiger partial charge in [0.15, 0.2) is 4.96 Å². The zero-order valence-corrected chi connectivity index (χ0v) is 17.8. The van der Waals surface area contributed by atoms with Crippen molar-refractivity contribution in [3.8, 4) is 0 Å². The van der Waals surface area contributed by atoms with Gasteiger partial charge in [-0.3, -0.25) is 18.8 Å². The Morgan fingerprint density at radius 1 is 1.16 bits per heavy atom. The Bertz CT molecular complexity index is 1450. The van der Waals surface area contributed by atoms with Crippen LogP contribution in [0.3, 0.4) is 0 Å². The maximum absolute atomic E-state index is 12.6. The predicted octanol–water partition coefficient (Wildman–Crippen LogP) is 2.17. The van der Waals surface area contributed by atoms with E-state index in [0.717, 1.165) is 31.4 Å². The average molecular weight is 436 g/mol. The minimum absolute atomic E-state index is 0.0802. The van der Waals surface area contributed by atoms with Crippen LogP contribution in [0.4, 0.5) is 0 Å². The smallest absolute Gasteiger partial charge is 0.312 e. The van der Waals surface area contributed by atoms with Crippen LogP contribution >= 0.6 is 11.3 Å². The van der Waals surface area contributed by atoms with Gasteiger partial charge in [0.05, 0.1) is 23.2 Å². The van der Waals surface area contributed by atoms with Gasteiger partial charge in [0.25, 0.3) is 11.1 Å². The molecule has 0 spiro atoms. The number of aromatic nitrogens is 4. The lowest BCUT2D eigenvalue weighted by Gasteiger charge is -2.10. The minimum atomic E-state index is -0.497. The van der Waals surface area contributed by atoms with Gasteiger partial charge in [0, 0.05) is 29.1 Å². The lowest BCUT2D eigenvalue weighted by Crippen LogP contribution is -2.23. The van der Waals surface area contributed by atoms with Gasteiger partial charge >= 0.3 is 5.97 Å². The van der Waals surface area contributed by atoms with Crippen LogP contribution in [0.5, 0.6) is 0 Å². The molecule has 3 aromatic heterocycles. The van der Waals surface area contributed by atoms with Crippen molar-refractivity contribution in [1.29, 1.82) is 0 Å². The number of carbonyl (C=O) groups is 1. The quantitative estimate of drug-likeness (QED) is 0.455. The molecule has 0 radical (unpaired) electrons. The summed E-state index contributed by atoms with van der Waals surface area (Å²) in [6.07, 6.45) is 4.01. The summed E-state index contributed by atoms with van der Waals surface area (Å²) in [5.74, 6) is -0.497. The molecule has 1 aromatic carbocycles. The molecule has 0 unspecified atom stereocenters. The summed E-state index contributed by atoms with van der Waals surface area (Å²) in [5, 5.41) is 5.36. The lowest BCUT2D eigenvalue weighted by molar-refractivity contribution is -0.144. The maximum atomic E-state index is 12.6. The third-order valence-electron chi connectivity index (χ3n) is 5.54. The second-order valence-electron chi connectivity index (χ2n) is 7.64. The number of ether oxygens (including phenoxy) is 1. The van der Waals surface area contributed by atoms with Crippen LogP contribution in [0, 0.1) is 0 Å². The van der Waals surface area contributed by atoms with E-state index < -0.39 is 5.97 Å². The van der Waals surface area contributed by atoms with Crippen LogP contribution in [0.2, 0.25) is 0 Å². The van der Waals surface area contributed by atoms with E-state index in [-0.39, 0.29) is 24.1 Å². The summed E-state index contributed by atoms with van der Waals surface area (Å²) in [7, 11) is 1.55. The monoisotopic (exact) mass is 436 g/mol. The lowest BCUT2D eigenvalue weighted by atomic mass is 10.0. The largest absolute Gasteiger partial charge is 0.459 e. The van der Waals surface area contributed by atoms with Crippen LogP contribution < -0.4 is 11.1 Å². The first-order valence-electron chi connectivity index (χ1n) is 10.1. The molecule has 0 saturated carbocycles. The number of aryl methyl sites for hydroxylation is 3. The van der Waals surface area contributed by atoms with Crippen molar-refractivity contribution in [2.75, 3.05) is 0 Å². The Hall–Kier alpha value is -3.33. The van der Waals surface area contributed by atoms with Crippen LogP contribution in [-0.2, 0) is 42.4 Å². The number of benzene rings is 1. The van der Waals surface area contributed by atoms with Gasteiger partial charge in [-0.25, -0.2) is 9.67 Å². The molecule has 0 N–H and O–H groups in total. The Balaban J connectivity index is 1.36. The van der Waals surface area contributed by atoms with E-state index in [1.165, 1.54) is 27.0 Å². The van der Waals surface area contributed by atoms with Crippen molar-refractivity contribution in [3.63, 3.8) is 0 Å². The van der Waals surface area contributed by atoms with Crippen molar-refractivity contribution in [2.24, 2.45) is 7.05 Å². The van der Waals surface area contributed by atoms with Gasteiger partial charge in [-0.2, -0.15) is 5.10 Å². The molecule has 3 heterocycles. The molecule has 1 aliphatic carbocycles. The second-order valence-corrected chi connectivity index (χ2v) is 8.70. The van der Waals surface area contributed by atoms with E-state index in [2.05, 4.69) is 10.1 Å². The van der Waals surface area contributed by atoms with Gasteiger partial charge in [0.2, 0.25) is 0 Å². The highest BCUT2D eigenvalue weighted by molar-refractivity contribution is 7.17. The molecular weight excluding hydrogens is 416 g/mol. The number of nitrogens with zero attached hydrogens (tertiary/aromatic N) is 4. The van der Waals surface area contributed by atoms with Gasteiger partial charge in [-0.15, -0.1) is 11.3 Å². The molecule has 0 atom stereocenters. The summed E-state index contributed by atoms with van der Waals surface area (Å²) in [6.45, 7) is -0.0865. The number of rotatable bonds is 4. The number of fused-ring (bicyclic) bond motifs is 4. The standard InChI is InChI=1S/C22H20N4O4S/c1-25-21(29)15-7-3-2-6-14(15)16(24-25)11-20(28)30-12-13-10-19(27)26-17-8-4-5-9-18(17)31-22(26)23-13/h2-3,6-7,10H,4-5,8-9,11-12H2,1H3. The van der Waals surface area contributed by atoms with Gasteiger partial charge in [0.1, 0.15) is 6.61 Å². The Morgan fingerprint density at radius 3 is 2.77 bits per heavy atom. The van der Waals surface area contributed by atoms with Crippen LogP contribution in [0.1, 0.15) is 34.8 Å². The minimum Gasteiger partial charge on any atom is -0.459 e. The summed E-state index contributed by atoms with van der Waals surface area (Å²) in [6, 6.07) is 8.48. The fraction of sp³-hybridized carbons (Fsp3) is 0.318. The highest BCUT2D eigenvalue weighted by Gasteiger charge is 2.19. The number of esters is 1. The van der Waals surface area contributed by atoms with Crippen LogP contribution in [-0.4, -0.2) is 25.1 Å². The van der Waals surface area contributed by atoms with Crippen molar-refractivity contribution < 1.29 is 9.53 Å². The van der Waals surface area contributed by atoms with Gasteiger partial charge < -0.3 is 4.74 Å². The maximum Gasteiger partial charge on any atom is 0.312 e. The van der Waals surface area contributed by atoms with E-state index >= 15 is 0 Å². The number of carbonyl (C=O) groups excluding carboxylic acids is 1. The third-order valence-corrected chi connectivity index (χ3v) is 6.68. The Morgan fingerprint density at radius 2 is 1.94 bits per heavy atom. The molecule has 4 aromatic rings. The van der Waals surface area contributed by atoms with Crippen LogP contribution in [0.15, 0.2) is 39.9 Å². The number of thiazole rings is 1. The zero-order valence-electron chi connectivity index (χ0n) is 17.0. The summed E-state index contributed by atoms with van der Waals surface area (Å²) < 4.78 is 8.29. The normalized spacial score (nSPS) is 13.5. The first-order chi connectivity index (χ1) is 15.0. The van der Waals surface area contributed by atoms with E-state index in [9.17, 15) is 14.4 Å². The zero-order chi connectivity index (χ0) is 21.5. The second kappa shape index (κ2) is 7.73. The fourth-order valence-electron chi connectivity index (χ4n) is 4.06. The Kier molecular flexibility index (Phi) is 4.90. The topological polar surface area (TPSA) is 95.6 Å². The summed E-state index contributed by atoms with van der Waals surface area (Å²) in [5.41, 5.74) is 1.61. The van der Waals surface area contributed by atoms with Crippen molar-refractivity contribution in [1.82, 2.24) is 19.2 Å². The van der Waals surface area contributed by atoms with Gasteiger partial charge in [-0.05, 0) is 31.7 Å². The van der Waals surface area contributed by atoms with E-state index in [1.807, 2.05) is 0 Å². The number of hydrogen-bond acceptors (Lipinski definition) is 7. The molecule has 8 nitrogen and oxygen atoms in total. The molecule has 1 aliphatic rings. The number of hydrogen-bond donors (Lipinski definition) is 0. The Labute approximate surface area is 180 Å². The molecule has 0 bridgehead atoms. The summed E-state index contributed by atoms with van der Waals surface area (Å²) in [4.78, 5) is 43.7. The molecule has 0 aliphatic heterocycles. The molecule has 158 valence electrons. The third kappa shape index (κ3) is 3.54. The fourth-order valence-corrected chi connectivity index (χ4v) is 5.30. The van der Waals surface area contributed by atoms with E-state index in [4.69, 9.17) is 4.74 Å². The molecule has 0 amide bonds. The van der Waals surface area contributed by atoms with Gasteiger partial charge in [-0.1, -0.05) is 18.2 Å². The molecule has 0 saturated heterocycles. The molecular formula is C22H20N4O4S. The first-order valence-corrected chi connectivity index (χ1v) is 11.0. The highest BCUT2D eigenvalue weighted by Crippen LogP contribution is 2.28. The predicted molar refractivity (Wildman–Crippen MR) is 116 cm³/mol. The molecule has 0 fully saturated rings. The first kappa shape index (κ1) is 19.6. The molecule has 9 heteroatoms. The van der Waals surface area contributed by atoms with Crippen molar-refractivity contribution >= 4 is 33.0 Å². The van der Waals surface area contributed by atoms with E-state index in [1.54, 1.807) is 35.7 Å².